The molecule has 34 heavy (non-hydrogen) atoms. The van der Waals surface area contributed by atoms with Crippen molar-refractivity contribution < 1.29 is 33.3 Å². The highest BCUT2D eigenvalue weighted by atomic mass is 32.1. The summed E-state index contributed by atoms with van der Waals surface area (Å²) in [6, 6.07) is 10.7. The smallest absolute Gasteiger partial charge is 0.341 e. The zero-order valence-electron chi connectivity index (χ0n) is 19.4. The molecule has 3 aromatic rings. The lowest BCUT2D eigenvalue weighted by molar-refractivity contribution is 0.0527. The Kier molecular flexibility index (Phi) is 6.93. The fourth-order valence-corrected chi connectivity index (χ4v) is 4.88. The number of benzene rings is 2. The maximum atomic E-state index is 13.1. The van der Waals surface area contributed by atoms with Crippen molar-refractivity contribution in [2.45, 2.75) is 20.3 Å². The van der Waals surface area contributed by atoms with Crippen LogP contribution in [0.15, 0.2) is 36.4 Å². The molecule has 0 unspecified atom stereocenters. The van der Waals surface area contributed by atoms with E-state index in [9.17, 15) is 9.59 Å². The van der Waals surface area contributed by atoms with Gasteiger partial charge in [0.2, 0.25) is 6.79 Å². The van der Waals surface area contributed by atoms with Crippen LogP contribution in [-0.4, -0.2) is 39.5 Å². The number of amides is 1. The van der Waals surface area contributed by atoms with Crippen LogP contribution in [0.25, 0.3) is 0 Å². The molecule has 1 aromatic heterocycles. The summed E-state index contributed by atoms with van der Waals surface area (Å²) in [6.07, 6.45) is 0.557. The third-order valence-corrected chi connectivity index (χ3v) is 6.61. The third kappa shape index (κ3) is 4.65. The minimum Gasteiger partial charge on any atom is -0.497 e. The highest BCUT2D eigenvalue weighted by Gasteiger charge is 2.25. The molecule has 8 nitrogen and oxygen atoms in total. The Morgan fingerprint density at radius 3 is 2.59 bits per heavy atom. The Morgan fingerprint density at radius 1 is 1.06 bits per heavy atom. The normalized spacial score (nSPS) is 11.8. The monoisotopic (exact) mass is 483 g/mol. The fourth-order valence-electron chi connectivity index (χ4n) is 3.66. The summed E-state index contributed by atoms with van der Waals surface area (Å²) in [5.41, 5.74) is 2.43. The van der Waals surface area contributed by atoms with Gasteiger partial charge < -0.3 is 29.0 Å². The van der Waals surface area contributed by atoms with E-state index in [4.69, 9.17) is 23.7 Å². The quantitative estimate of drug-likeness (QED) is 0.459. The van der Waals surface area contributed by atoms with E-state index in [0.717, 1.165) is 16.0 Å². The molecule has 0 atom stereocenters. The van der Waals surface area contributed by atoms with Crippen molar-refractivity contribution in [3.05, 3.63) is 63.5 Å². The first kappa shape index (κ1) is 23.4. The summed E-state index contributed by atoms with van der Waals surface area (Å²) in [6.45, 7) is 4.03. The number of thiophene rings is 1. The molecule has 0 saturated heterocycles. The maximum absolute atomic E-state index is 13.1. The average molecular weight is 484 g/mol. The molecule has 2 aromatic carbocycles. The maximum Gasteiger partial charge on any atom is 0.341 e. The second kappa shape index (κ2) is 10.0. The molecule has 0 spiro atoms. The van der Waals surface area contributed by atoms with E-state index < -0.39 is 11.9 Å². The van der Waals surface area contributed by atoms with Gasteiger partial charge in [-0.2, -0.15) is 0 Å². The van der Waals surface area contributed by atoms with E-state index in [1.807, 2.05) is 25.1 Å². The largest absolute Gasteiger partial charge is 0.497 e. The number of anilines is 1. The Hall–Kier alpha value is -3.72. The molecule has 9 heteroatoms. The van der Waals surface area contributed by atoms with Crippen molar-refractivity contribution in [2.24, 2.45) is 0 Å². The highest BCUT2D eigenvalue weighted by Crippen LogP contribution is 2.38. The lowest BCUT2D eigenvalue weighted by Crippen LogP contribution is -2.15. The number of carbonyl (C=O) groups is 2. The number of hydrogen-bond donors (Lipinski definition) is 1. The summed E-state index contributed by atoms with van der Waals surface area (Å²) in [5.74, 6) is 1.45. The first-order valence-corrected chi connectivity index (χ1v) is 11.5. The average Bonchev–Trinajstić information content (AvgIpc) is 3.42. The summed E-state index contributed by atoms with van der Waals surface area (Å²) >= 11 is 1.34. The molecule has 2 heterocycles. The molecular formula is C25H25NO7S. The molecule has 0 bridgehead atoms. The summed E-state index contributed by atoms with van der Waals surface area (Å²) in [7, 11) is 3.02. The van der Waals surface area contributed by atoms with Gasteiger partial charge >= 0.3 is 5.97 Å². The van der Waals surface area contributed by atoms with Crippen molar-refractivity contribution >= 4 is 28.2 Å². The van der Waals surface area contributed by atoms with E-state index in [1.54, 1.807) is 25.1 Å². The van der Waals surface area contributed by atoms with Gasteiger partial charge in [-0.25, -0.2) is 4.79 Å². The Balaban J connectivity index is 1.66. The molecule has 0 saturated carbocycles. The van der Waals surface area contributed by atoms with Gasteiger partial charge in [0.1, 0.15) is 16.5 Å². The van der Waals surface area contributed by atoms with Gasteiger partial charge in [-0.1, -0.05) is 6.07 Å². The molecule has 0 radical (unpaired) electrons. The number of fused-ring (bicyclic) bond motifs is 1. The van der Waals surface area contributed by atoms with Crippen LogP contribution in [0.2, 0.25) is 0 Å². The second-order valence-electron chi connectivity index (χ2n) is 7.46. The van der Waals surface area contributed by atoms with Crippen LogP contribution in [-0.2, 0) is 11.2 Å². The number of nitrogens with one attached hydrogen (secondary N) is 1. The summed E-state index contributed by atoms with van der Waals surface area (Å²) < 4.78 is 26.7. The predicted octanol–water partition coefficient (Wildman–Crippen LogP) is 4.82. The molecule has 4 rings (SSSR count). The third-order valence-electron chi connectivity index (χ3n) is 5.41. The Morgan fingerprint density at radius 2 is 1.85 bits per heavy atom. The summed E-state index contributed by atoms with van der Waals surface area (Å²) in [4.78, 5) is 26.8. The highest BCUT2D eigenvalue weighted by molar-refractivity contribution is 7.17. The lowest BCUT2D eigenvalue weighted by atomic mass is 10.1. The van der Waals surface area contributed by atoms with E-state index in [2.05, 4.69) is 5.32 Å². The number of ether oxygens (including phenoxy) is 5. The Bertz CT molecular complexity index is 1230. The SMILES string of the molecule is CCOC(=O)c1c(NC(=O)c2ccc(OC)cc2OC)sc(Cc2ccc3c(c2)OCO3)c1C. The fraction of sp³-hybridized carbons (Fsp3) is 0.280. The number of rotatable bonds is 8. The van der Waals surface area contributed by atoms with E-state index >= 15 is 0 Å². The molecule has 1 aliphatic heterocycles. The number of carbonyl (C=O) groups excluding carboxylic acids is 2. The first-order chi connectivity index (χ1) is 16.4. The van der Waals surface area contributed by atoms with E-state index in [0.29, 0.717) is 45.5 Å². The predicted molar refractivity (Wildman–Crippen MR) is 128 cm³/mol. The van der Waals surface area contributed by atoms with Gasteiger partial charge in [-0.05, 0) is 49.2 Å². The summed E-state index contributed by atoms with van der Waals surface area (Å²) in [5, 5.41) is 3.31. The topological polar surface area (TPSA) is 92.3 Å². The van der Waals surface area contributed by atoms with Crippen LogP contribution in [0, 0.1) is 6.92 Å². The number of esters is 1. The molecule has 178 valence electrons. The minimum absolute atomic E-state index is 0.203. The Labute approximate surface area is 201 Å². The first-order valence-electron chi connectivity index (χ1n) is 10.7. The van der Waals surface area contributed by atoms with Gasteiger partial charge in [0.15, 0.2) is 11.5 Å². The van der Waals surface area contributed by atoms with Gasteiger partial charge in [0, 0.05) is 17.4 Å². The van der Waals surface area contributed by atoms with Crippen molar-refractivity contribution in [1.82, 2.24) is 0 Å². The van der Waals surface area contributed by atoms with Crippen LogP contribution in [0.3, 0.4) is 0 Å². The lowest BCUT2D eigenvalue weighted by Gasteiger charge is -2.11. The van der Waals surface area contributed by atoms with Crippen molar-refractivity contribution in [2.75, 3.05) is 32.9 Å². The standard InChI is InChI=1S/C25H25NO7S/c1-5-31-25(28)22-14(2)21(11-15-6-9-18-20(10-15)33-13-32-18)34-24(22)26-23(27)17-8-7-16(29-3)12-19(17)30-4/h6-10,12H,5,11,13H2,1-4H3,(H,26,27). The van der Waals surface area contributed by atoms with Crippen LogP contribution in [0.5, 0.6) is 23.0 Å². The molecule has 1 N–H and O–H groups in total. The van der Waals surface area contributed by atoms with Crippen LogP contribution in [0.4, 0.5) is 5.00 Å². The molecule has 1 amide bonds. The van der Waals surface area contributed by atoms with Crippen molar-refractivity contribution in [3.8, 4) is 23.0 Å². The van der Waals surface area contributed by atoms with Crippen molar-refractivity contribution in [1.29, 1.82) is 0 Å². The van der Waals surface area contributed by atoms with E-state index in [-0.39, 0.29) is 13.4 Å². The molecule has 0 fully saturated rings. The van der Waals surface area contributed by atoms with E-state index in [1.165, 1.54) is 25.6 Å². The van der Waals surface area contributed by atoms with Gasteiger partial charge in [0.25, 0.3) is 5.91 Å². The minimum atomic E-state index is -0.481. The number of methoxy groups -OCH3 is 2. The second-order valence-corrected chi connectivity index (χ2v) is 8.56. The zero-order valence-corrected chi connectivity index (χ0v) is 20.2. The van der Waals surface area contributed by atoms with Gasteiger partial charge in [0.05, 0.1) is 32.0 Å². The zero-order chi connectivity index (χ0) is 24.2. The van der Waals surface area contributed by atoms with Crippen LogP contribution in [0.1, 0.15) is 43.6 Å². The molecular weight excluding hydrogens is 458 g/mol. The molecule has 0 aliphatic carbocycles. The number of hydrogen-bond acceptors (Lipinski definition) is 8. The van der Waals surface area contributed by atoms with Crippen molar-refractivity contribution in [3.63, 3.8) is 0 Å². The van der Waals surface area contributed by atoms with Gasteiger partial charge in [-0.3, -0.25) is 4.79 Å². The van der Waals surface area contributed by atoms with Crippen LogP contribution >= 0.6 is 11.3 Å². The van der Waals surface area contributed by atoms with Gasteiger partial charge in [-0.15, -0.1) is 11.3 Å². The molecule has 1 aliphatic rings. The van der Waals surface area contributed by atoms with Crippen LogP contribution < -0.4 is 24.3 Å².